The maximum Gasteiger partial charge on any atom is 0.126 e. The van der Waals surface area contributed by atoms with Crippen LogP contribution in [0.4, 0.5) is 4.39 Å². The number of nitrogens with one attached hydrogen (secondary N) is 1. The van der Waals surface area contributed by atoms with Crippen LogP contribution >= 0.6 is 15.9 Å². The molecular formula is C15H19BrFN3. The highest BCUT2D eigenvalue weighted by molar-refractivity contribution is 9.10. The third-order valence-electron chi connectivity index (χ3n) is 3.32. The van der Waals surface area contributed by atoms with Crippen LogP contribution in [0.3, 0.4) is 0 Å². The molecule has 2 rings (SSSR count). The van der Waals surface area contributed by atoms with Gasteiger partial charge in [0.15, 0.2) is 0 Å². The first-order chi connectivity index (χ1) is 9.54. The first-order valence-corrected chi connectivity index (χ1v) is 7.50. The average Bonchev–Trinajstić information content (AvgIpc) is 2.75. The molecule has 2 aromatic rings. The zero-order valence-corrected chi connectivity index (χ0v) is 13.5. The summed E-state index contributed by atoms with van der Waals surface area (Å²) in [5, 5.41) is 7.77. The SMILES string of the molecule is CCCNC(c1ccc(F)c(C)c1)c1c(Br)cnn1C. The van der Waals surface area contributed by atoms with Crippen molar-refractivity contribution in [2.24, 2.45) is 7.05 Å². The zero-order valence-electron chi connectivity index (χ0n) is 12.0. The number of aromatic nitrogens is 2. The minimum absolute atomic E-state index is 0.00359. The van der Waals surface area contributed by atoms with E-state index in [0.717, 1.165) is 28.7 Å². The Morgan fingerprint density at radius 2 is 2.20 bits per heavy atom. The monoisotopic (exact) mass is 339 g/mol. The van der Waals surface area contributed by atoms with Crippen LogP contribution in [0.2, 0.25) is 0 Å². The van der Waals surface area contributed by atoms with Gasteiger partial charge in [-0.05, 0) is 53.0 Å². The molecular weight excluding hydrogens is 321 g/mol. The van der Waals surface area contributed by atoms with E-state index >= 15 is 0 Å². The van der Waals surface area contributed by atoms with Crippen molar-refractivity contribution in [3.8, 4) is 0 Å². The van der Waals surface area contributed by atoms with E-state index in [1.165, 1.54) is 6.07 Å². The smallest absolute Gasteiger partial charge is 0.126 e. The predicted molar refractivity (Wildman–Crippen MR) is 82.2 cm³/mol. The highest BCUT2D eigenvalue weighted by atomic mass is 79.9. The number of hydrogen-bond donors (Lipinski definition) is 1. The van der Waals surface area contributed by atoms with Crippen molar-refractivity contribution in [2.45, 2.75) is 26.3 Å². The van der Waals surface area contributed by atoms with Gasteiger partial charge in [0.1, 0.15) is 5.82 Å². The Morgan fingerprint density at radius 1 is 1.45 bits per heavy atom. The summed E-state index contributed by atoms with van der Waals surface area (Å²) in [7, 11) is 1.91. The molecule has 0 saturated carbocycles. The lowest BCUT2D eigenvalue weighted by Gasteiger charge is -2.20. The van der Waals surface area contributed by atoms with Crippen LogP contribution in [-0.2, 0) is 7.05 Å². The lowest BCUT2D eigenvalue weighted by atomic mass is 10.0. The summed E-state index contributed by atoms with van der Waals surface area (Å²) >= 11 is 3.54. The van der Waals surface area contributed by atoms with Crippen molar-refractivity contribution in [1.82, 2.24) is 15.1 Å². The zero-order chi connectivity index (χ0) is 14.7. The van der Waals surface area contributed by atoms with Crippen molar-refractivity contribution >= 4 is 15.9 Å². The van der Waals surface area contributed by atoms with E-state index in [9.17, 15) is 4.39 Å². The van der Waals surface area contributed by atoms with Gasteiger partial charge in [0.2, 0.25) is 0 Å². The second kappa shape index (κ2) is 6.50. The number of rotatable bonds is 5. The van der Waals surface area contributed by atoms with Crippen LogP contribution < -0.4 is 5.32 Å². The standard InChI is InChI=1S/C15H19BrFN3/c1-4-7-18-14(15-12(16)9-19-20(15)3)11-5-6-13(17)10(2)8-11/h5-6,8-9,14,18H,4,7H2,1-3H3. The fraction of sp³-hybridized carbons (Fsp3) is 0.400. The molecule has 0 saturated heterocycles. The summed E-state index contributed by atoms with van der Waals surface area (Å²) in [5.41, 5.74) is 2.75. The molecule has 0 aliphatic heterocycles. The number of hydrogen-bond acceptors (Lipinski definition) is 2. The van der Waals surface area contributed by atoms with E-state index in [4.69, 9.17) is 0 Å². The van der Waals surface area contributed by atoms with Crippen LogP contribution in [0, 0.1) is 12.7 Å². The molecule has 0 bridgehead atoms. The summed E-state index contributed by atoms with van der Waals surface area (Å²) in [6, 6.07) is 5.24. The molecule has 108 valence electrons. The third kappa shape index (κ3) is 3.10. The van der Waals surface area contributed by atoms with Gasteiger partial charge < -0.3 is 5.32 Å². The summed E-state index contributed by atoms with van der Waals surface area (Å²) < 4.78 is 16.3. The topological polar surface area (TPSA) is 29.9 Å². The molecule has 1 heterocycles. The first-order valence-electron chi connectivity index (χ1n) is 6.71. The maximum atomic E-state index is 13.5. The average molecular weight is 340 g/mol. The van der Waals surface area contributed by atoms with Gasteiger partial charge >= 0.3 is 0 Å². The molecule has 0 aliphatic carbocycles. The van der Waals surface area contributed by atoms with Crippen molar-refractivity contribution in [3.63, 3.8) is 0 Å². The Bertz CT molecular complexity index is 575. The Kier molecular flexibility index (Phi) is 4.94. The Morgan fingerprint density at radius 3 is 2.75 bits per heavy atom. The largest absolute Gasteiger partial charge is 0.305 e. The minimum Gasteiger partial charge on any atom is -0.305 e. The van der Waals surface area contributed by atoms with Gasteiger partial charge in [-0.1, -0.05) is 19.1 Å². The van der Waals surface area contributed by atoms with Gasteiger partial charge in [-0.25, -0.2) is 4.39 Å². The quantitative estimate of drug-likeness (QED) is 0.899. The summed E-state index contributed by atoms with van der Waals surface area (Å²) in [6.07, 6.45) is 2.82. The molecule has 20 heavy (non-hydrogen) atoms. The van der Waals surface area contributed by atoms with Gasteiger partial charge in [-0.2, -0.15) is 5.10 Å². The Balaban J connectivity index is 2.44. The maximum absolute atomic E-state index is 13.5. The van der Waals surface area contributed by atoms with Crippen LogP contribution in [0.25, 0.3) is 0 Å². The molecule has 1 atom stereocenters. The van der Waals surface area contributed by atoms with Gasteiger partial charge in [0, 0.05) is 7.05 Å². The summed E-state index contributed by atoms with van der Waals surface area (Å²) in [4.78, 5) is 0. The molecule has 0 fully saturated rings. The lowest BCUT2D eigenvalue weighted by Crippen LogP contribution is -2.25. The van der Waals surface area contributed by atoms with Gasteiger partial charge in [0.25, 0.3) is 0 Å². The van der Waals surface area contributed by atoms with Crippen LogP contribution in [0.15, 0.2) is 28.9 Å². The Labute approximate surface area is 127 Å². The molecule has 1 aromatic heterocycles. The van der Waals surface area contributed by atoms with E-state index < -0.39 is 0 Å². The van der Waals surface area contributed by atoms with Crippen LogP contribution in [0.1, 0.15) is 36.2 Å². The fourth-order valence-corrected chi connectivity index (χ4v) is 2.83. The van der Waals surface area contributed by atoms with Gasteiger partial charge in [-0.15, -0.1) is 0 Å². The van der Waals surface area contributed by atoms with Gasteiger partial charge in [0.05, 0.1) is 22.4 Å². The highest BCUT2D eigenvalue weighted by Gasteiger charge is 2.20. The minimum atomic E-state index is -0.174. The first kappa shape index (κ1) is 15.2. The number of benzene rings is 1. The third-order valence-corrected chi connectivity index (χ3v) is 3.94. The summed E-state index contributed by atoms with van der Waals surface area (Å²) in [6.45, 7) is 4.80. The van der Waals surface area contributed by atoms with E-state index in [0.29, 0.717) is 5.56 Å². The Hall–Kier alpha value is -1.20. The molecule has 1 N–H and O–H groups in total. The fourth-order valence-electron chi connectivity index (χ4n) is 2.25. The van der Waals surface area contributed by atoms with Crippen molar-refractivity contribution in [2.75, 3.05) is 6.54 Å². The van der Waals surface area contributed by atoms with E-state index in [1.807, 2.05) is 23.9 Å². The lowest BCUT2D eigenvalue weighted by molar-refractivity contribution is 0.549. The molecule has 0 spiro atoms. The molecule has 1 aromatic carbocycles. The molecule has 3 nitrogen and oxygen atoms in total. The highest BCUT2D eigenvalue weighted by Crippen LogP contribution is 2.29. The van der Waals surface area contributed by atoms with E-state index in [-0.39, 0.29) is 11.9 Å². The van der Waals surface area contributed by atoms with Crippen LogP contribution in [0.5, 0.6) is 0 Å². The summed E-state index contributed by atoms with van der Waals surface area (Å²) in [5.74, 6) is -0.174. The second-order valence-corrected chi connectivity index (χ2v) is 5.75. The molecule has 0 amide bonds. The molecule has 0 radical (unpaired) electrons. The van der Waals surface area contributed by atoms with E-state index in [2.05, 4.69) is 33.3 Å². The van der Waals surface area contributed by atoms with Gasteiger partial charge in [-0.3, -0.25) is 4.68 Å². The van der Waals surface area contributed by atoms with Crippen LogP contribution in [-0.4, -0.2) is 16.3 Å². The second-order valence-electron chi connectivity index (χ2n) is 4.90. The number of nitrogens with zero attached hydrogens (tertiary/aromatic N) is 2. The van der Waals surface area contributed by atoms with Crippen molar-refractivity contribution in [1.29, 1.82) is 0 Å². The number of aryl methyl sites for hydroxylation is 2. The molecule has 5 heteroatoms. The number of halogens is 2. The molecule has 0 aliphatic rings. The normalized spacial score (nSPS) is 12.7. The van der Waals surface area contributed by atoms with E-state index in [1.54, 1.807) is 13.1 Å². The van der Waals surface area contributed by atoms with Crippen molar-refractivity contribution < 1.29 is 4.39 Å². The molecule has 1 unspecified atom stereocenters. The van der Waals surface area contributed by atoms with Crippen molar-refractivity contribution in [3.05, 3.63) is 51.5 Å². The predicted octanol–water partition coefficient (Wildman–Crippen LogP) is 3.72.